The zero-order valence-electron chi connectivity index (χ0n) is 21.7. The van der Waals surface area contributed by atoms with Gasteiger partial charge in [-0.15, -0.1) is 0 Å². The Hall–Kier alpha value is -5.23. The van der Waals surface area contributed by atoms with Crippen LogP contribution in [0.5, 0.6) is 11.5 Å². The summed E-state index contributed by atoms with van der Waals surface area (Å²) in [5, 5.41) is 10.2. The van der Waals surface area contributed by atoms with E-state index in [1.165, 1.54) is 19.1 Å². The molecule has 4 rings (SSSR count). The van der Waals surface area contributed by atoms with Crippen molar-refractivity contribution < 1.29 is 28.5 Å². The number of benzene rings is 3. The highest BCUT2D eigenvalue weighted by Gasteiger charge is 2.43. The van der Waals surface area contributed by atoms with Gasteiger partial charge < -0.3 is 24.7 Å². The van der Waals surface area contributed by atoms with Crippen LogP contribution in [0.25, 0.3) is 0 Å². The summed E-state index contributed by atoms with van der Waals surface area (Å²) < 4.78 is 21.2. The molecule has 0 bridgehead atoms. The summed E-state index contributed by atoms with van der Waals surface area (Å²) in [5.74, 6) is -1.19. The maximum absolute atomic E-state index is 13.2. The Morgan fingerprint density at radius 3 is 2.18 bits per heavy atom. The molecule has 1 atom stereocenters. The predicted molar refractivity (Wildman–Crippen MR) is 143 cm³/mol. The van der Waals surface area contributed by atoms with E-state index in [2.05, 4.69) is 6.07 Å². The molecule has 198 valence electrons. The molecular formula is C30H27N3O6. The van der Waals surface area contributed by atoms with E-state index in [-0.39, 0.29) is 29.3 Å². The number of hydrogen-bond acceptors (Lipinski definition) is 9. The van der Waals surface area contributed by atoms with Gasteiger partial charge in [-0.25, -0.2) is 9.59 Å². The van der Waals surface area contributed by atoms with E-state index in [9.17, 15) is 14.9 Å². The third-order valence-electron chi connectivity index (χ3n) is 6.24. The van der Waals surface area contributed by atoms with Crippen molar-refractivity contribution in [1.29, 1.82) is 5.26 Å². The Kier molecular flexibility index (Phi) is 8.17. The summed E-state index contributed by atoms with van der Waals surface area (Å²) >= 11 is 0. The largest absolute Gasteiger partial charge is 0.497 e. The third kappa shape index (κ3) is 5.40. The van der Waals surface area contributed by atoms with Gasteiger partial charge in [-0.1, -0.05) is 42.5 Å². The number of rotatable bonds is 8. The van der Waals surface area contributed by atoms with Gasteiger partial charge in [-0.3, -0.25) is 4.90 Å². The van der Waals surface area contributed by atoms with Crippen LogP contribution in [0.2, 0.25) is 0 Å². The number of methoxy groups -OCH3 is 3. The number of carbonyl (C=O) groups is 2. The topological polar surface area (TPSA) is 124 Å². The number of nitriles is 1. The van der Waals surface area contributed by atoms with E-state index in [0.717, 1.165) is 5.56 Å². The molecule has 1 aliphatic rings. The van der Waals surface area contributed by atoms with Crippen molar-refractivity contribution in [3.8, 4) is 17.6 Å². The highest BCUT2D eigenvalue weighted by molar-refractivity contribution is 6.06. The van der Waals surface area contributed by atoms with E-state index in [0.29, 0.717) is 22.7 Å². The van der Waals surface area contributed by atoms with Crippen LogP contribution < -0.4 is 20.1 Å². The Bertz CT molecular complexity index is 1470. The molecule has 39 heavy (non-hydrogen) atoms. The quantitative estimate of drug-likeness (QED) is 0.432. The first-order valence-electron chi connectivity index (χ1n) is 11.9. The fraction of sp³-hybridized carbons (Fsp3) is 0.167. The molecule has 1 aliphatic heterocycles. The SMILES string of the molecule is COC(=O)C1=C(C(=O)OC)N(c2cccc(COc3ccc(OC)cc3)c2)C(N)=C(C#N)C1c1ccccc1. The van der Waals surface area contributed by atoms with Gasteiger partial charge in [0.25, 0.3) is 0 Å². The van der Waals surface area contributed by atoms with Crippen molar-refractivity contribution in [3.63, 3.8) is 0 Å². The summed E-state index contributed by atoms with van der Waals surface area (Å²) in [6.07, 6.45) is 0. The highest BCUT2D eigenvalue weighted by atomic mass is 16.5. The number of nitrogens with zero attached hydrogens (tertiary/aromatic N) is 2. The minimum atomic E-state index is -0.935. The normalized spacial score (nSPS) is 14.9. The van der Waals surface area contributed by atoms with Gasteiger partial charge in [0.15, 0.2) is 0 Å². The molecule has 3 aromatic carbocycles. The Balaban J connectivity index is 1.82. The van der Waals surface area contributed by atoms with Crippen LogP contribution in [0.1, 0.15) is 17.0 Å². The second kappa shape index (κ2) is 11.9. The molecular weight excluding hydrogens is 498 g/mol. The number of hydrogen-bond donors (Lipinski definition) is 1. The maximum atomic E-state index is 13.2. The molecule has 0 aliphatic carbocycles. The fourth-order valence-corrected chi connectivity index (χ4v) is 4.41. The lowest BCUT2D eigenvalue weighted by molar-refractivity contribution is -0.139. The number of allylic oxidation sites excluding steroid dienone is 1. The molecule has 3 aromatic rings. The lowest BCUT2D eigenvalue weighted by Gasteiger charge is -2.36. The molecule has 9 nitrogen and oxygen atoms in total. The molecule has 0 radical (unpaired) electrons. The number of nitrogens with two attached hydrogens (primary N) is 1. The molecule has 9 heteroatoms. The van der Waals surface area contributed by atoms with Gasteiger partial charge in [-0.05, 0) is 47.5 Å². The molecule has 0 saturated heterocycles. The second-order valence-corrected chi connectivity index (χ2v) is 8.47. The number of carbonyl (C=O) groups excluding carboxylic acids is 2. The van der Waals surface area contributed by atoms with Gasteiger partial charge in [-0.2, -0.15) is 5.26 Å². The lowest BCUT2D eigenvalue weighted by Crippen LogP contribution is -2.40. The molecule has 0 saturated carbocycles. The molecule has 0 fully saturated rings. The first-order valence-corrected chi connectivity index (χ1v) is 11.9. The minimum absolute atomic E-state index is 0.00683. The van der Waals surface area contributed by atoms with Crippen molar-refractivity contribution in [2.24, 2.45) is 5.73 Å². The van der Waals surface area contributed by atoms with Crippen molar-refractivity contribution in [1.82, 2.24) is 0 Å². The number of ether oxygens (including phenoxy) is 4. The number of esters is 2. The first-order chi connectivity index (χ1) is 18.9. The van der Waals surface area contributed by atoms with E-state index in [4.69, 9.17) is 24.7 Å². The minimum Gasteiger partial charge on any atom is -0.497 e. The Labute approximate surface area is 226 Å². The second-order valence-electron chi connectivity index (χ2n) is 8.47. The van der Waals surface area contributed by atoms with E-state index >= 15 is 0 Å². The van der Waals surface area contributed by atoms with Crippen molar-refractivity contribution >= 4 is 17.6 Å². The van der Waals surface area contributed by atoms with E-state index in [1.807, 2.05) is 6.07 Å². The third-order valence-corrected chi connectivity index (χ3v) is 6.24. The maximum Gasteiger partial charge on any atom is 0.355 e. The van der Waals surface area contributed by atoms with Gasteiger partial charge >= 0.3 is 11.9 Å². The van der Waals surface area contributed by atoms with Crippen molar-refractivity contribution in [2.75, 3.05) is 26.2 Å². The standard InChI is InChI=1S/C30H27N3O6/c1-36-22-12-14-23(15-13-22)39-18-19-8-7-11-21(16-19)33-27(30(35)38-3)26(29(34)37-2)25(24(17-31)28(33)32)20-9-5-4-6-10-20/h4-16,25H,18,32H2,1-3H3. The fourth-order valence-electron chi connectivity index (χ4n) is 4.41. The van der Waals surface area contributed by atoms with Crippen LogP contribution in [0, 0.1) is 11.3 Å². The van der Waals surface area contributed by atoms with E-state index < -0.39 is 17.9 Å². The summed E-state index contributed by atoms with van der Waals surface area (Å²) in [7, 11) is 4.00. The van der Waals surface area contributed by atoms with Crippen LogP contribution in [0.3, 0.4) is 0 Å². The van der Waals surface area contributed by atoms with Gasteiger partial charge in [0.05, 0.1) is 44.5 Å². The molecule has 0 amide bonds. The molecule has 1 unspecified atom stereocenters. The summed E-state index contributed by atoms with van der Waals surface area (Å²) in [6.45, 7) is 0.205. The zero-order chi connectivity index (χ0) is 27.9. The summed E-state index contributed by atoms with van der Waals surface area (Å²) in [6, 6.07) is 25.2. The number of anilines is 1. The first kappa shape index (κ1) is 26.8. The molecule has 0 spiro atoms. The average molecular weight is 526 g/mol. The lowest BCUT2D eigenvalue weighted by atomic mass is 9.81. The van der Waals surface area contributed by atoms with Crippen LogP contribution in [-0.4, -0.2) is 33.3 Å². The van der Waals surface area contributed by atoms with Crippen LogP contribution in [0.15, 0.2) is 102 Å². The predicted octanol–water partition coefficient (Wildman–Crippen LogP) is 4.17. The Morgan fingerprint density at radius 1 is 0.897 bits per heavy atom. The average Bonchev–Trinajstić information content (AvgIpc) is 2.99. The molecule has 0 aromatic heterocycles. The molecule has 2 N–H and O–H groups in total. The molecule has 1 heterocycles. The van der Waals surface area contributed by atoms with Gasteiger partial charge in [0, 0.05) is 5.69 Å². The van der Waals surface area contributed by atoms with E-state index in [1.54, 1.807) is 79.9 Å². The van der Waals surface area contributed by atoms with Crippen molar-refractivity contribution in [3.05, 3.63) is 113 Å². The highest BCUT2D eigenvalue weighted by Crippen LogP contribution is 2.43. The summed E-state index contributed by atoms with van der Waals surface area (Å²) in [4.78, 5) is 27.8. The summed E-state index contributed by atoms with van der Waals surface area (Å²) in [5.41, 5.74) is 8.26. The Morgan fingerprint density at radius 2 is 1.56 bits per heavy atom. The van der Waals surface area contributed by atoms with Crippen LogP contribution in [-0.2, 0) is 25.7 Å². The smallest absolute Gasteiger partial charge is 0.355 e. The van der Waals surface area contributed by atoms with Crippen molar-refractivity contribution in [2.45, 2.75) is 12.5 Å². The monoisotopic (exact) mass is 525 g/mol. The zero-order valence-corrected chi connectivity index (χ0v) is 21.7. The van der Waals surface area contributed by atoms with Gasteiger partial charge in [0.1, 0.15) is 29.6 Å². The van der Waals surface area contributed by atoms with Crippen LogP contribution in [0.4, 0.5) is 5.69 Å². The van der Waals surface area contributed by atoms with Crippen LogP contribution >= 0.6 is 0 Å². The van der Waals surface area contributed by atoms with Gasteiger partial charge in [0.2, 0.25) is 0 Å².